The fourth-order valence-electron chi connectivity index (χ4n) is 3.58. The molecular formula is C18H35NO2. The van der Waals surface area contributed by atoms with E-state index in [9.17, 15) is 4.79 Å². The maximum Gasteiger partial charge on any atom is 0.410 e. The second kappa shape index (κ2) is 8.05. The monoisotopic (exact) mass is 297 g/mol. The molecule has 0 aromatic rings. The Morgan fingerprint density at radius 1 is 1.14 bits per heavy atom. The van der Waals surface area contributed by atoms with Crippen molar-refractivity contribution in [2.75, 3.05) is 6.54 Å². The molecule has 0 N–H and O–H groups in total. The molecule has 1 unspecified atom stereocenters. The summed E-state index contributed by atoms with van der Waals surface area (Å²) in [7, 11) is 0. The second-order valence-electron chi connectivity index (χ2n) is 7.38. The zero-order valence-corrected chi connectivity index (χ0v) is 14.9. The average Bonchev–Trinajstić information content (AvgIpc) is 2.86. The first kappa shape index (κ1) is 18.3. The number of carbonyl (C=O) groups excluding carboxylic acids is 1. The summed E-state index contributed by atoms with van der Waals surface area (Å²) in [6, 6.07) is 0.273. The molecule has 0 heterocycles. The van der Waals surface area contributed by atoms with Crippen LogP contribution in [-0.4, -0.2) is 29.2 Å². The van der Waals surface area contributed by atoms with Crippen LogP contribution >= 0.6 is 0 Å². The molecule has 0 bridgehead atoms. The Labute approximate surface area is 131 Å². The van der Waals surface area contributed by atoms with Crippen LogP contribution < -0.4 is 0 Å². The van der Waals surface area contributed by atoms with Gasteiger partial charge in [0.15, 0.2) is 0 Å². The van der Waals surface area contributed by atoms with E-state index in [1.807, 2.05) is 4.90 Å². The Morgan fingerprint density at radius 2 is 1.71 bits per heavy atom. The predicted octanol–water partition coefficient (Wildman–Crippen LogP) is 5.24. The van der Waals surface area contributed by atoms with Crippen LogP contribution in [0.5, 0.6) is 0 Å². The van der Waals surface area contributed by atoms with Crippen LogP contribution in [0.25, 0.3) is 0 Å². The topological polar surface area (TPSA) is 29.5 Å². The quantitative estimate of drug-likeness (QED) is 0.643. The molecule has 1 atom stereocenters. The zero-order valence-electron chi connectivity index (χ0n) is 14.9. The van der Waals surface area contributed by atoms with E-state index in [0.29, 0.717) is 11.8 Å². The highest BCUT2D eigenvalue weighted by Gasteiger charge is 2.38. The minimum absolute atomic E-state index is 0.0898. The number of hydrogen-bond donors (Lipinski definition) is 0. The van der Waals surface area contributed by atoms with Crippen LogP contribution in [0, 0.1) is 11.8 Å². The number of carbonyl (C=O) groups is 1. The lowest BCUT2D eigenvalue weighted by Gasteiger charge is -2.38. The molecule has 0 spiro atoms. The van der Waals surface area contributed by atoms with Crippen LogP contribution in [0.4, 0.5) is 4.79 Å². The highest BCUT2D eigenvalue weighted by atomic mass is 16.6. The fraction of sp³-hybridized carbons (Fsp3) is 0.944. The van der Waals surface area contributed by atoms with Gasteiger partial charge in [0.05, 0.1) is 0 Å². The van der Waals surface area contributed by atoms with E-state index in [4.69, 9.17) is 4.74 Å². The molecule has 1 fully saturated rings. The van der Waals surface area contributed by atoms with E-state index in [2.05, 4.69) is 41.5 Å². The predicted molar refractivity (Wildman–Crippen MR) is 88.4 cm³/mol. The molecule has 1 aliphatic rings. The summed E-state index contributed by atoms with van der Waals surface area (Å²) in [5.41, 5.74) is -0.193. The molecule has 21 heavy (non-hydrogen) atoms. The van der Waals surface area contributed by atoms with Gasteiger partial charge in [-0.3, -0.25) is 0 Å². The minimum Gasteiger partial charge on any atom is -0.443 e. The van der Waals surface area contributed by atoms with Crippen molar-refractivity contribution in [2.45, 2.75) is 91.7 Å². The second-order valence-corrected chi connectivity index (χ2v) is 7.38. The first-order valence-electron chi connectivity index (χ1n) is 8.84. The van der Waals surface area contributed by atoms with E-state index >= 15 is 0 Å². The van der Waals surface area contributed by atoms with Crippen molar-refractivity contribution in [3.05, 3.63) is 0 Å². The van der Waals surface area contributed by atoms with E-state index in [0.717, 1.165) is 32.2 Å². The van der Waals surface area contributed by atoms with Crippen molar-refractivity contribution in [1.29, 1.82) is 0 Å². The van der Waals surface area contributed by atoms with Crippen LogP contribution in [-0.2, 0) is 4.74 Å². The Bertz CT molecular complexity index is 319. The SMILES string of the molecule is CCC(C(C)C)N(CC(C)C)C(=O)OC1(CC)CCCC1. The smallest absolute Gasteiger partial charge is 0.410 e. The van der Waals surface area contributed by atoms with E-state index in [-0.39, 0.29) is 17.7 Å². The van der Waals surface area contributed by atoms with Gasteiger partial charge in [0, 0.05) is 12.6 Å². The largest absolute Gasteiger partial charge is 0.443 e. The molecule has 0 aromatic heterocycles. The van der Waals surface area contributed by atoms with Gasteiger partial charge in [0.25, 0.3) is 0 Å². The third kappa shape index (κ3) is 4.89. The molecule has 1 rings (SSSR count). The molecule has 1 amide bonds. The van der Waals surface area contributed by atoms with Gasteiger partial charge in [0.1, 0.15) is 5.60 Å². The highest BCUT2D eigenvalue weighted by Crippen LogP contribution is 2.36. The lowest BCUT2D eigenvalue weighted by molar-refractivity contribution is -0.0207. The molecule has 0 aromatic carbocycles. The van der Waals surface area contributed by atoms with Gasteiger partial charge < -0.3 is 9.64 Å². The molecule has 0 saturated heterocycles. The maximum atomic E-state index is 12.8. The molecular weight excluding hydrogens is 262 g/mol. The summed E-state index contributed by atoms with van der Waals surface area (Å²) < 4.78 is 6.03. The standard InChI is InChI=1S/C18H35NO2/c1-7-16(15(5)6)19(13-14(3)4)17(20)21-18(8-2)11-9-10-12-18/h14-16H,7-13H2,1-6H3. The Balaban J connectivity index is 2.83. The lowest BCUT2D eigenvalue weighted by atomic mass is 9.98. The highest BCUT2D eigenvalue weighted by molar-refractivity contribution is 5.68. The van der Waals surface area contributed by atoms with Crippen LogP contribution in [0.2, 0.25) is 0 Å². The van der Waals surface area contributed by atoms with Crippen LogP contribution in [0.15, 0.2) is 0 Å². The van der Waals surface area contributed by atoms with Gasteiger partial charge in [-0.25, -0.2) is 4.79 Å². The van der Waals surface area contributed by atoms with E-state index in [1.165, 1.54) is 12.8 Å². The van der Waals surface area contributed by atoms with Gasteiger partial charge in [-0.15, -0.1) is 0 Å². The van der Waals surface area contributed by atoms with Gasteiger partial charge in [-0.05, 0) is 50.4 Å². The lowest BCUT2D eigenvalue weighted by Crippen LogP contribution is -2.48. The van der Waals surface area contributed by atoms with Crippen molar-refractivity contribution >= 4 is 6.09 Å². The number of ether oxygens (including phenoxy) is 1. The summed E-state index contributed by atoms with van der Waals surface area (Å²) in [5.74, 6) is 0.925. The number of hydrogen-bond acceptors (Lipinski definition) is 2. The maximum absolute atomic E-state index is 12.8. The van der Waals surface area contributed by atoms with Crippen molar-refractivity contribution in [3.63, 3.8) is 0 Å². The van der Waals surface area contributed by atoms with Crippen molar-refractivity contribution in [1.82, 2.24) is 4.90 Å². The molecule has 124 valence electrons. The van der Waals surface area contributed by atoms with E-state index < -0.39 is 0 Å². The third-order valence-corrected chi connectivity index (χ3v) is 4.85. The first-order chi connectivity index (χ1) is 9.85. The minimum atomic E-state index is -0.193. The van der Waals surface area contributed by atoms with Crippen LogP contribution in [0.3, 0.4) is 0 Å². The van der Waals surface area contributed by atoms with Crippen molar-refractivity contribution in [3.8, 4) is 0 Å². The van der Waals surface area contributed by atoms with Gasteiger partial charge in [0.2, 0.25) is 0 Å². The fourth-order valence-corrected chi connectivity index (χ4v) is 3.58. The summed E-state index contributed by atoms with van der Waals surface area (Å²) in [6.45, 7) is 13.8. The van der Waals surface area contributed by atoms with Gasteiger partial charge in [-0.1, -0.05) is 41.5 Å². The van der Waals surface area contributed by atoms with Crippen molar-refractivity contribution in [2.24, 2.45) is 11.8 Å². The molecule has 1 saturated carbocycles. The zero-order chi connectivity index (χ0) is 16.0. The van der Waals surface area contributed by atoms with Crippen molar-refractivity contribution < 1.29 is 9.53 Å². The number of rotatable bonds is 7. The molecule has 1 aliphatic carbocycles. The molecule has 3 heteroatoms. The van der Waals surface area contributed by atoms with Crippen LogP contribution in [0.1, 0.15) is 80.1 Å². The summed E-state index contributed by atoms with van der Waals surface area (Å²) in [4.78, 5) is 14.8. The van der Waals surface area contributed by atoms with Gasteiger partial charge >= 0.3 is 6.09 Å². The number of nitrogens with zero attached hydrogens (tertiary/aromatic N) is 1. The van der Waals surface area contributed by atoms with Gasteiger partial charge in [-0.2, -0.15) is 0 Å². The normalized spacial score (nSPS) is 19.0. The first-order valence-corrected chi connectivity index (χ1v) is 8.84. The molecule has 0 radical (unpaired) electrons. The Kier molecular flexibility index (Phi) is 7.02. The Hall–Kier alpha value is -0.730. The Morgan fingerprint density at radius 3 is 2.10 bits per heavy atom. The summed E-state index contributed by atoms with van der Waals surface area (Å²) in [6.07, 6.45) is 6.27. The molecule has 0 aliphatic heterocycles. The average molecular weight is 297 g/mol. The summed E-state index contributed by atoms with van der Waals surface area (Å²) >= 11 is 0. The molecule has 3 nitrogen and oxygen atoms in total. The third-order valence-electron chi connectivity index (χ3n) is 4.85. The van der Waals surface area contributed by atoms with E-state index in [1.54, 1.807) is 0 Å². The summed E-state index contributed by atoms with van der Waals surface area (Å²) in [5, 5.41) is 0. The number of amides is 1.